The van der Waals surface area contributed by atoms with Gasteiger partial charge in [-0.15, -0.1) is 11.3 Å². The van der Waals surface area contributed by atoms with Crippen molar-refractivity contribution in [1.29, 1.82) is 0 Å². The average molecular weight is 491 g/mol. The van der Waals surface area contributed by atoms with Crippen molar-refractivity contribution in [1.82, 2.24) is 24.5 Å². The number of hydrogen-bond acceptors (Lipinski definition) is 5. The van der Waals surface area contributed by atoms with Crippen LogP contribution in [0.25, 0.3) is 27.1 Å². The zero-order chi connectivity index (χ0) is 24.6. The van der Waals surface area contributed by atoms with Gasteiger partial charge in [-0.2, -0.15) is 5.10 Å². The summed E-state index contributed by atoms with van der Waals surface area (Å²) in [6, 6.07) is 0. The van der Waals surface area contributed by atoms with E-state index in [9.17, 15) is 4.79 Å². The molecule has 2 aliphatic rings. The molecule has 0 atom stereocenters. The molecule has 0 bridgehead atoms. The quantitative estimate of drug-likeness (QED) is 0.410. The maximum absolute atomic E-state index is 11.4. The van der Waals surface area contributed by atoms with Crippen LogP contribution in [0, 0.1) is 26.2 Å². The van der Waals surface area contributed by atoms with Gasteiger partial charge in [0.2, 0.25) is 5.91 Å². The molecule has 6 rings (SSSR count). The summed E-state index contributed by atoms with van der Waals surface area (Å²) < 4.78 is 1.89. The van der Waals surface area contributed by atoms with E-state index in [1.807, 2.05) is 15.9 Å². The molecule has 0 unspecified atom stereocenters. The molecule has 0 aromatic carbocycles. The van der Waals surface area contributed by atoms with E-state index in [2.05, 4.69) is 60.8 Å². The molecule has 35 heavy (non-hydrogen) atoms. The van der Waals surface area contributed by atoms with Crippen LogP contribution < -0.4 is 5.73 Å². The number of hydrogen-bond donors (Lipinski definition) is 2. The van der Waals surface area contributed by atoms with Crippen LogP contribution in [-0.4, -0.2) is 50.0 Å². The van der Waals surface area contributed by atoms with Crippen molar-refractivity contribution in [3.63, 3.8) is 0 Å². The van der Waals surface area contributed by atoms with E-state index in [0.29, 0.717) is 23.8 Å². The van der Waals surface area contributed by atoms with Crippen molar-refractivity contribution in [2.24, 2.45) is 11.1 Å². The number of thiophene rings is 1. The summed E-state index contributed by atoms with van der Waals surface area (Å²) in [5.41, 5.74) is 14.4. The monoisotopic (exact) mass is 490 g/mol. The Balaban J connectivity index is 1.36. The van der Waals surface area contributed by atoms with Gasteiger partial charge in [0, 0.05) is 28.6 Å². The summed E-state index contributed by atoms with van der Waals surface area (Å²) in [6.45, 7) is 13.6. The number of primary amides is 1. The fraction of sp³-hybridized carbons (Fsp3) is 0.519. The smallest absolute Gasteiger partial charge is 0.231 e. The van der Waals surface area contributed by atoms with Crippen LogP contribution in [0.4, 0.5) is 0 Å². The fourth-order valence-corrected chi connectivity index (χ4v) is 8.10. The van der Waals surface area contributed by atoms with Crippen LogP contribution in [0.2, 0.25) is 0 Å². The summed E-state index contributed by atoms with van der Waals surface area (Å²) in [6.07, 6.45) is 7.37. The van der Waals surface area contributed by atoms with E-state index < -0.39 is 0 Å². The zero-order valence-corrected chi connectivity index (χ0v) is 22.1. The first kappa shape index (κ1) is 22.7. The highest BCUT2D eigenvalue weighted by atomic mass is 32.1. The van der Waals surface area contributed by atoms with Crippen LogP contribution in [0.5, 0.6) is 0 Å². The second kappa shape index (κ2) is 7.90. The highest BCUT2D eigenvalue weighted by Gasteiger charge is 2.49. The summed E-state index contributed by atoms with van der Waals surface area (Å²) in [7, 11) is 0. The van der Waals surface area contributed by atoms with Gasteiger partial charge in [-0.05, 0) is 86.1 Å². The standard InChI is InChI=1S/C27H34N6OS/c1-14(2)21-22-17(5)24(18-8-27(9-18)6-7-32(12-27)11-20(28)34)35-26(22)31-23(21)19-10-33-25(29-13-30-33)16(4)15(19)3/h10,13-14,18,31H,6-9,11-12H2,1-5H3,(H2,28,34)/t18-,27+. The Morgan fingerprint density at radius 1 is 1.26 bits per heavy atom. The zero-order valence-electron chi connectivity index (χ0n) is 21.2. The predicted octanol–water partition coefficient (Wildman–Crippen LogP) is 5.04. The molecule has 4 aromatic heterocycles. The first-order valence-electron chi connectivity index (χ1n) is 12.6. The Morgan fingerprint density at radius 3 is 2.74 bits per heavy atom. The minimum Gasteiger partial charge on any atom is -0.369 e. The van der Waals surface area contributed by atoms with Gasteiger partial charge >= 0.3 is 0 Å². The van der Waals surface area contributed by atoms with Gasteiger partial charge in [-0.25, -0.2) is 9.50 Å². The second-order valence-corrected chi connectivity index (χ2v) is 12.3. The third-order valence-electron chi connectivity index (χ3n) is 8.56. The van der Waals surface area contributed by atoms with E-state index >= 15 is 0 Å². The number of aryl methyl sites for hydroxylation is 2. The number of rotatable bonds is 5. The lowest BCUT2D eigenvalue weighted by molar-refractivity contribution is -0.119. The number of aromatic amines is 1. The summed E-state index contributed by atoms with van der Waals surface area (Å²) in [5, 5.41) is 5.83. The van der Waals surface area contributed by atoms with Crippen LogP contribution in [0.1, 0.15) is 72.1 Å². The molecule has 1 spiro atoms. The largest absolute Gasteiger partial charge is 0.369 e. The Labute approximate surface area is 209 Å². The minimum atomic E-state index is -0.216. The molecule has 3 N–H and O–H groups in total. The molecule has 7 nitrogen and oxygen atoms in total. The number of nitrogens with two attached hydrogens (primary N) is 1. The number of pyridine rings is 1. The van der Waals surface area contributed by atoms with Crippen molar-refractivity contribution in [3.05, 3.63) is 39.7 Å². The maximum atomic E-state index is 11.4. The van der Waals surface area contributed by atoms with Gasteiger partial charge in [0.1, 0.15) is 11.2 Å². The lowest BCUT2D eigenvalue weighted by Crippen LogP contribution is -2.40. The molecular formula is C27H34N6OS. The molecule has 8 heteroatoms. The van der Waals surface area contributed by atoms with Crippen molar-refractivity contribution in [2.75, 3.05) is 19.6 Å². The topological polar surface area (TPSA) is 92.3 Å². The number of H-pyrrole nitrogens is 1. The summed E-state index contributed by atoms with van der Waals surface area (Å²) in [4.78, 5) is 24.7. The number of nitrogens with one attached hydrogen (secondary N) is 1. The molecular weight excluding hydrogens is 456 g/mol. The summed E-state index contributed by atoms with van der Waals surface area (Å²) >= 11 is 1.95. The molecule has 1 aliphatic heterocycles. The number of likely N-dealkylation sites (tertiary alicyclic amines) is 1. The lowest BCUT2D eigenvalue weighted by Gasteiger charge is -2.45. The molecule has 1 amide bonds. The van der Waals surface area contributed by atoms with Crippen molar-refractivity contribution in [2.45, 2.75) is 65.7 Å². The van der Waals surface area contributed by atoms with E-state index in [-0.39, 0.29) is 5.91 Å². The van der Waals surface area contributed by atoms with Gasteiger partial charge in [0.05, 0.1) is 12.2 Å². The Hall–Kier alpha value is -2.71. The van der Waals surface area contributed by atoms with Gasteiger partial charge in [0.25, 0.3) is 0 Å². The van der Waals surface area contributed by atoms with Crippen LogP contribution in [-0.2, 0) is 4.79 Å². The minimum absolute atomic E-state index is 0.216. The first-order chi connectivity index (χ1) is 16.7. The second-order valence-electron chi connectivity index (χ2n) is 11.2. The van der Waals surface area contributed by atoms with Gasteiger partial charge < -0.3 is 10.7 Å². The van der Waals surface area contributed by atoms with Crippen molar-refractivity contribution in [3.8, 4) is 11.3 Å². The molecule has 1 saturated heterocycles. The van der Waals surface area contributed by atoms with Crippen molar-refractivity contribution >= 4 is 33.1 Å². The molecule has 1 saturated carbocycles. The number of aromatic nitrogens is 4. The van der Waals surface area contributed by atoms with Crippen LogP contribution in [0.15, 0.2) is 12.5 Å². The Morgan fingerprint density at radius 2 is 2.03 bits per heavy atom. The highest BCUT2D eigenvalue weighted by Crippen LogP contribution is 2.58. The molecule has 0 radical (unpaired) electrons. The number of nitrogens with zero attached hydrogens (tertiary/aromatic N) is 4. The molecule has 1 aliphatic carbocycles. The van der Waals surface area contributed by atoms with Gasteiger partial charge in [0.15, 0.2) is 5.65 Å². The number of amides is 1. The van der Waals surface area contributed by atoms with Crippen molar-refractivity contribution < 1.29 is 4.79 Å². The maximum Gasteiger partial charge on any atom is 0.231 e. The SMILES string of the molecule is Cc1c(-c2[nH]c3sc([C@H]4C[C@]5(CCN(CC(N)=O)C5)C4)c(C)c3c2C(C)C)cn2ncnc2c1C. The molecule has 2 fully saturated rings. The molecule has 184 valence electrons. The summed E-state index contributed by atoms with van der Waals surface area (Å²) in [5.74, 6) is 0.802. The Bertz CT molecular complexity index is 1470. The third-order valence-corrected chi connectivity index (χ3v) is 9.93. The first-order valence-corrected chi connectivity index (χ1v) is 13.4. The lowest BCUT2D eigenvalue weighted by atomic mass is 9.60. The van der Waals surface area contributed by atoms with E-state index in [4.69, 9.17) is 5.73 Å². The van der Waals surface area contributed by atoms with Crippen LogP contribution in [0.3, 0.4) is 0 Å². The van der Waals surface area contributed by atoms with Gasteiger partial charge in [-0.3, -0.25) is 9.69 Å². The normalized spacial score (nSPS) is 22.7. The van der Waals surface area contributed by atoms with Gasteiger partial charge in [-0.1, -0.05) is 13.8 Å². The van der Waals surface area contributed by atoms with E-state index in [0.717, 1.165) is 18.7 Å². The highest BCUT2D eigenvalue weighted by molar-refractivity contribution is 7.19. The predicted molar refractivity (Wildman–Crippen MR) is 141 cm³/mol. The number of fused-ring (bicyclic) bond motifs is 2. The average Bonchev–Trinajstić information content (AvgIpc) is 3.52. The number of carbonyl (C=O) groups excluding carboxylic acids is 1. The Kier molecular flexibility index (Phi) is 5.13. The van der Waals surface area contributed by atoms with E-state index in [1.165, 1.54) is 63.0 Å². The molecule has 4 aromatic rings. The third kappa shape index (κ3) is 3.44. The molecule has 5 heterocycles. The number of carbonyl (C=O) groups is 1. The van der Waals surface area contributed by atoms with Crippen LogP contribution >= 0.6 is 11.3 Å². The fourth-order valence-electron chi connectivity index (χ4n) is 6.77. The van der Waals surface area contributed by atoms with E-state index in [1.54, 1.807) is 11.2 Å².